The van der Waals surface area contributed by atoms with Gasteiger partial charge in [-0.1, -0.05) is 25.1 Å². The lowest BCUT2D eigenvalue weighted by molar-refractivity contribution is -0.353. The maximum absolute atomic E-state index is 14.3. The minimum absolute atomic E-state index is 0.0397. The summed E-state index contributed by atoms with van der Waals surface area (Å²) in [6.45, 7) is 4.45. The smallest absolute Gasteiger partial charge is 0.431 e. The summed E-state index contributed by atoms with van der Waals surface area (Å²) in [6.07, 6.45) is -14.1. The molecule has 0 bridgehead atoms. The molecule has 1 rings (SSSR count). The largest absolute Gasteiger partial charge is 0.490 e. The average molecular weight is 390 g/mol. The summed E-state index contributed by atoms with van der Waals surface area (Å²) >= 11 is 0. The lowest BCUT2D eigenvalue weighted by atomic mass is 9.82. The molecule has 0 saturated carbocycles. The molecule has 0 amide bonds. The minimum Gasteiger partial charge on any atom is -0.490 e. The normalized spacial score (nSPS) is 16.9. The molecular formula is C17H21F7O2. The summed E-state index contributed by atoms with van der Waals surface area (Å²) in [5.41, 5.74) is -7.77. The molecule has 0 heterocycles. The van der Waals surface area contributed by atoms with Crippen molar-refractivity contribution >= 4 is 0 Å². The van der Waals surface area contributed by atoms with Crippen LogP contribution in [0.5, 0.6) is 5.75 Å². The fourth-order valence-corrected chi connectivity index (χ4v) is 2.41. The first kappa shape index (κ1) is 22.5. The van der Waals surface area contributed by atoms with Crippen LogP contribution < -0.4 is 4.74 Å². The lowest BCUT2D eigenvalue weighted by Gasteiger charge is -2.38. The van der Waals surface area contributed by atoms with Crippen LogP contribution in [0.25, 0.3) is 0 Å². The zero-order valence-electron chi connectivity index (χ0n) is 14.8. The first-order chi connectivity index (χ1) is 11.7. The van der Waals surface area contributed by atoms with E-state index in [9.17, 15) is 30.7 Å². The second kappa shape index (κ2) is 7.62. The van der Waals surface area contributed by atoms with E-state index in [-0.39, 0.29) is 17.4 Å². The molecule has 150 valence electrons. The van der Waals surface area contributed by atoms with Gasteiger partial charge in [-0.3, -0.25) is 0 Å². The Morgan fingerprint density at radius 3 is 1.88 bits per heavy atom. The Balaban J connectivity index is 3.44. The number of halogens is 7. The Bertz CT molecular complexity index is 584. The van der Waals surface area contributed by atoms with Gasteiger partial charge in [-0.2, -0.15) is 26.3 Å². The topological polar surface area (TPSA) is 18.5 Å². The molecule has 9 heteroatoms. The predicted molar refractivity (Wildman–Crippen MR) is 81.8 cm³/mol. The molecule has 0 radical (unpaired) electrons. The van der Waals surface area contributed by atoms with Crippen molar-refractivity contribution in [1.29, 1.82) is 0 Å². The van der Waals surface area contributed by atoms with Crippen LogP contribution in [-0.2, 0) is 10.3 Å². The fourth-order valence-electron chi connectivity index (χ4n) is 2.41. The highest BCUT2D eigenvalue weighted by Gasteiger charge is 2.74. The van der Waals surface area contributed by atoms with E-state index in [4.69, 9.17) is 9.47 Å². The Labute approximate surface area is 147 Å². The molecule has 2 nitrogen and oxygen atoms in total. The maximum atomic E-state index is 14.3. The van der Waals surface area contributed by atoms with Crippen molar-refractivity contribution in [2.24, 2.45) is 0 Å². The van der Waals surface area contributed by atoms with Gasteiger partial charge in [0.25, 0.3) is 0 Å². The third-order valence-electron chi connectivity index (χ3n) is 4.29. The van der Waals surface area contributed by atoms with Gasteiger partial charge in [0.2, 0.25) is 0 Å². The Morgan fingerprint density at radius 1 is 0.962 bits per heavy atom. The zero-order valence-corrected chi connectivity index (χ0v) is 14.8. The van der Waals surface area contributed by atoms with Crippen molar-refractivity contribution in [1.82, 2.24) is 0 Å². The summed E-state index contributed by atoms with van der Waals surface area (Å²) in [4.78, 5) is 0. The van der Waals surface area contributed by atoms with E-state index in [2.05, 4.69) is 0 Å². The third kappa shape index (κ3) is 4.42. The molecule has 0 saturated heterocycles. The first-order valence-electron chi connectivity index (χ1n) is 7.85. The van der Waals surface area contributed by atoms with Gasteiger partial charge in [0.15, 0.2) is 0 Å². The summed E-state index contributed by atoms with van der Waals surface area (Å²) < 4.78 is 103. The third-order valence-corrected chi connectivity index (χ3v) is 4.29. The van der Waals surface area contributed by atoms with Gasteiger partial charge in [0.05, 0.1) is 11.7 Å². The van der Waals surface area contributed by atoms with Gasteiger partial charge in [-0.25, -0.2) is 4.39 Å². The molecule has 0 aromatic heterocycles. The molecule has 0 spiro atoms. The van der Waals surface area contributed by atoms with Crippen LogP contribution in [0.2, 0.25) is 0 Å². The Hall–Kier alpha value is -1.51. The summed E-state index contributed by atoms with van der Waals surface area (Å²) in [5.74, 6) is 0.0397. The van der Waals surface area contributed by atoms with Crippen molar-refractivity contribution in [2.45, 2.75) is 63.3 Å². The molecule has 2 atom stereocenters. The SMILES string of the molecule is CCC(C)Oc1ccccc1C(C)(CC(F)(C(F)(F)F)C(F)(F)F)OC. The van der Waals surface area contributed by atoms with Crippen molar-refractivity contribution in [3.63, 3.8) is 0 Å². The number of para-hydroxylation sites is 1. The van der Waals surface area contributed by atoms with Crippen LogP contribution in [0.4, 0.5) is 30.7 Å². The van der Waals surface area contributed by atoms with Crippen LogP contribution in [0.3, 0.4) is 0 Å². The number of ether oxygens (including phenoxy) is 2. The first-order valence-corrected chi connectivity index (χ1v) is 7.85. The van der Waals surface area contributed by atoms with E-state index >= 15 is 0 Å². The van der Waals surface area contributed by atoms with E-state index in [0.717, 1.165) is 14.0 Å². The average Bonchev–Trinajstić information content (AvgIpc) is 2.52. The fraction of sp³-hybridized carbons (Fsp3) is 0.647. The van der Waals surface area contributed by atoms with Crippen molar-refractivity contribution < 1.29 is 40.2 Å². The van der Waals surface area contributed by atoms with Crippen molar-refractivity contribution in [2.75, 3.05) is 7.11 Å². The lowest BCUT2D eigenvalue weighted by Crippen LogP contribution is -2.56. The van der Waals surface area contributed by atoms with Crippen LogP contribution in [0.1, 0.15) is 39.2 Å². The molecule has 1 aromatic carbocycles. The molecule has 2 unspecified atom stereocenters. The van der Waals surface area contributed by atoms with E-state index in [0.29, 0.717) is 6.42 Å². The molecule has 26 heavy (non-hydrogen) atoms. The quantitative estimate of drug-likeness (QED) is 0.536. The minimum atomic E-state index is -6.16. The van der Waals surface area contributed by atoms with Gasteiger partial charge < -0.3 is 9.47 Å². The number of rotatable bonds is 7. The van der Waals surface area contributed by atoms with E-state index < -0.39 is 30.0 Å². The summed E-state index contributed by atoms with van der Waals surface area (Å²) in [7, 11) is 0.924. The van der Waals surface area contributed by atoms with E-state index in [1.807, 2.05) is 0 Å². The number of benzene rings is 1. The van der Waals surface area contributed by atoms with Gasteiger partial charge in [-0.15, -0.1) is 0 Å². The molecule has 1 aromatic rings. The Morgan fingerprint density at radius 2 is 1.46 bits per heavy atom. The maximum Gasteiger partial charge on any atom is 0.431 e. The van der Waals surface area contributed by atoms with Crippen LogP contribution in [0.15, 0.2) is 24.3 Å². The van der Waals surface area contributed by atoms with Crippen LogP contribution in [-0.4, -0.2) is 31.2 Å². The Kier molecular flexibility index (Phi) is 6.60. The highest BCUT2D eigenvalue weighted by atomic mass is 19.4. The standard InChI is InChI=1S/C17H21F7O2/c1-5-11(2)26-13-9-7-6-8-12(13)14(3,25-4)10-15(18,16(19,20)21)17(22,23)24/h6-9,11H,5,10H2,1-4H3. The number of hydrogen-bond donors (Lipinski definition) is 0. The molecular weight excluding hydrogens is 369 g/mol. The van der Waals surface area contributed by atoms with E-state index in [1.165, 1.54) is 24.3 Å². The van der Waals surface area contributed by atoms with Crippen LogP contribution in [0, 0.1) is 0 Å². The predicted octanol–water partition coefficient (Wildman–Crippen LogP) is 5.95. The highest BCUT2D eigenvalue weighted by molar-refractivity contribution is 5.38. The zero-order chi connectivity index (χ0) is 20.4. The summed E-state index contributed by atoms with van der Waals surface area (Å²) in [6, 6.07) is 5.55. The second-order valence-electron chi connectivity index (χ2n) is 6.24. The van der Waals surface area contributed by atoms with Gasteiger partial charge >= 0.3 is 18.0 Å². The number of hydrogen-bond acceptors (Lipinski definition) is 2. The monoisotopic (exact) mass is 390 g/mol. The van der Waals surface area contributed by atoms with E-state index in [1.54, 1.807) is 13.8 Å². The van der Waals surface area contributed by atoms with Crippen molar-refractivity contribution in [3.05, 3.63) is 29.8 Å². The van der Waals surface area contributed by atoms with Crippen LogP contribution >= 0.6 is 0 Å². The second-order valence-corrected chi connectivity index (χ2v) is 6.24. The van der Waals surface area contributed by atoms with Crippen molar-refractivity contribution in [3.8, 4) is 5.75 Å². The highest BCUT2D eigenvalue weighted by Crippen LogP contribution is 2.53. The molecule has 0 N–H and O–H groups in total. The van der Waals surface area contributed by atoms with Gasteiger partial charge in [0.1, 0.15) is 5.75 Å². The van der Waals surface area contributed by atoms with Gasteiger partial charge in [-0.05, 0) is 26.3 Å². The van der Waals surface area contributed by atoms with Gasteiger partial charge in [0, 0.05) is 19.1 Å². The molecule has 0 aliphatic heterocycles. The summed E-state index contributed by atoms with van der Waals surface area (Å²) in [5, 5.41) is 0. The number of methoxy groups -OCH3 is 1. The molecule has 0 fully saturated rings. The molecule has 0 aliphatic carbocycles. The molecule has 0 aliphatic rings. The number of alkyl halides is 7.